The van der Waals surface area contributed by atoms with E-state index in [1.807, 2.05) is 0 Å². The SMILES string of the molecule is CC(NCc1cc(Br)cs1)c1nnc2n1CCCC2. The maximum absolute atomic E-state index is 4.36. The minimum absolute atomic E-state index is 0.236. The van der Waals surface area contributed by atoms with Gasteiger partial charge in [-0.2, -0.15) is 0 Å². The molecule has 0 bridgehead atoms. The molecule has 2 aromatic rings. The summed E-state index contributed by atoms with van der Waals surface area (Å²) < 4.78 is 3.44. The monoisotopic (exact) mass is 340 g/mol. The van der Waals surface area contributed by atoms with Gasteiger partial charge in [0, 0.05) is 34.2 Å². The van der Waals surface area contributed by atoms with Crippen LogP contribution in [0.25, 0.3) is 0 Å². The van der Waals surface area contributed by atoms with E-state index in [9.17, 15) is 0 Å². The van der Waals surface area contributed by atoms with Gasteiger partial charge in [-0.1, -0.05) is 0 Å². The molecule has 0 saturated heterocycles. The first kappa shape index (κ1) is 13.3. The Morgan fingerprint density at radius 2 is 2.37 bits per heavy atom. The van der Waals surface area contributed by atoms with Crippen molar-refractivity contribution in [2.45, 2.75) is 45.3 Å². The highest BCUT2D eigenvalue weighted by Crippen LogP contribution is 2.22. The van der Waals surface area contributed by atoms with Crippen LogP contribution in [-0.2, 0) is 19.5 Å². The molecule has 1 unspecified atom stereocenters. The van der Waals surface area contributed by atoms with E-state index < -0.39 is 0 Å². The van der Waals surface area contributed by atoms with Gasteiger partial charge in [-0.25, -0.2) is 0 Å². The summed E-state index contributed by atoms with van der Waals surface area (Å²) in [5.74, 6) is 2.22. The summed E-state index contributed by atoms with van der Waals surface area (Å²) in [6, 6.07) is 2.39. The molecule has 19 heavy (non-hydrogen) atoms. The molecular formula is C13H17BrN4S. The van der Waals surface area contributed by atoms with E-state index in [1.54, 1.807) is 11.3 Å². The highest BCUT2D eigenvalue weighted by atomic mass is 79.9. The Labute approximate surface area is 125 Å². The maximum atomic E-state index is 4.36. The molecule has 0 saturated carbocycles. The molecule has 0 radical (unpaired) electrons. The number of rotatable bonds is 4. The zero-order chi connectivity index (χ0) is 13.2. The number of nitrogens with one attached hydrogen (secondary N) is 1. The highest BCUT2D eigenvalue weighted by molar-refractivity contribution is 9.10. The average molecular weight is 341 g/mol. The van der Waals surface area contributed by atoms with E-state index in [4.69, 9.17) is 0 Å². The van der Waals surface area contributed by atoms with Gasteiger partial charge in [0.15, 0.2) is 0 Å². The minimum Gasteiger partial charge on any atom is -0.314 e. The molecule has 0 amide bonds. The van der Waals surface area contributed by atoms with Crippen LogP contribution in [0.5, 0.6) is 0 Å². The third-order valence-corrected chi connectivity index (χ3v) is 5.18. The highest BCUT2D eigenvalue weighted by Gasteiger charge is 2.19. The summed E-state index contributed by atoms with van der Waals surface area (Å²) in [4.78, 5) is 1.33. The quantitative estimate of drug-likeness (QED) is 0.928. The predicted octanol–water partition coefficient (Wildman–Crippen LogP) is 3.29. The molecule has 1 atom stereocenters. The van der Waals surface area contributed by atoms with Crippen molar-refractivity contribution in [2.24, 2.45) is 0 Å². The summed E-state index contributed by atoms with van der Waals surface area (Å²) in [6.07, 6.45) is 3.55. The van der Waals surface area contributed by atoms with Gasteiger partial charge in [0.1, 0.15) is 11.6 Å². The van der Waals surface area contributed by atoms with Crippen molar-refractivity contribution >= 4 is 27.3 Å². The Morgan fingerprint density at radius 1 is 1.47 bits per heavy atom. The molecule has 1 N–H and O–H groups in total. The molecule has 4 nitrogen and oxygen atoms in total. The van der Waals surface area contributed by atoms with Crippen molar-refractivity contribution < 1.29 is 0 Å². The van der Waals surface area contributed by atoms with Crippen molar-refractivity contribution in [2.75, 3.05) is 0 Å². The molecule has 0 aromatic carbocycles. The van der Waals surface area contributed by atoms with Crippen LogP contribution in [0, 0.1) is 0 Å². The van der Waals surface area contributed by atoms with E-state index in [1.165, 1.54) is 17.7 Å². The maximum Gasteiger partial charge on any atom is 0.149 e. The van der Waals surface area contributed by atoms with E-state index >= 15 is 0 Å². The smallest absolute Gasteiger partial charge is 0.149 e. The van der Waals surface area contributed by atoms with Gasteiger partial charge in [0.2, 0.25) is 0 Å². The largest absolute Gasteiger partial charge is 0.314 e. The summed E-state index contributed by atoms with van der Waals surface area (Å²) in [5.41, 5.74) is 0. The fourth-order valence-electron chi connectivity index (χ4n) is 2.44. The lowest BCUT2D eigenvalue weighted by Gasteiger charge is -2.18. The number of fused-ring (bicyclic) bond motifs is 1. The van der Waals surface area contributed by atoms with Crippen molar-refractivity contribution in [3.05, 3.63) is 32.4 Å². The topological polar surface area (TPSA) is 42.7 Å². The van der Waals surface area contributed by atoms with Crippen molar-refractivity contribution in [3.63, 3.8) is 0 Å². The number of aryl methyl sites for hydroxylation is 1. The molecule has 0 aliphatic carbocycles. The van der Waals surface area contributed by atoms with Crippen LogP contribution >= 0.6 is 27.3 Å². The van der Waals surface area contributed by atoms with Crippen molar-refractivity contribution in [1.29, 1.82) is 0 Å². The van der Waals surface area contributed by atoms with Crippen LogP contribution < -0.4 is 5.32 Å². The van der Waals surface area contributed by atoms with Gasteiger partial charge < -0.3 is 9.88 Å². The normalized spacial score (nSPS) is 16.3. The van der Waals surface area contributed by atoms with Crippen LogP contribution in [-0.4, -0.2) is 14.8 Å². The van der Waals surface area contributed by atoms with Gasteiger partial charge in [0.05, 0.1) is 6.04 Å². The number of aromatic nitrogens is 3. The zero-order valence-corrected chi connectivity index (χ0v) is 13.3. The van der Waals surface area contributed by atoms with Gasteiger partial charge >= 0.3 is 0 Å². The molecule has 1 aliphatic heterocycles. The fourth-order valence-corrected chi connectivity index (χ4v) is 3.84. The predicted molar refractivity (Wildman–Crippen MR) is 80.2 cm³/mol. The van der Waals surface area contributed by atoms with E-state index in [0.29, 0.717) is 0 Å². The Kier molecular flexibility index (Phi) is 4.00. The third kappa shape index (κ3) is 2.90. The Bertz CT molecular complexity index is 563. The van der Waals surface area contributed by atoms with E-state index in [2.05, 4.69) is 54.4 Å². The van der Waals surface area contributed by atoms with Gasteiger partial charge in [-0.3, -0.25) is 0 Å². The third-order valence-electron chi connectivity index (χ3n) is 3.48. The van der Waals surface area contributed by atoms with Crippen LogP contribution in [0.1, 0.15) is 42.3 Å². The first-order valence-electron chi connectivity index (χ1n) is 6.62. The van der Waals surface area contributed by atoms with Crippen LogP contribution in [0.3, 0.4) is 0 Å². The number of thiophene rings is 1. The molecule has 0 spiro atoms. The zero-order valence-electron chi connectivity index (χ0n) is 10.9. The van der Waals surface area contributed by atoms with Crippen LogP contribution in [0.15, 0.2) is 15.9 Å². The first-order chi connectivity index (χ1) is 9.24. The van der Waals surface area contributed by atoms with Crippen LogP contribution in [0.4, 0.5) is 0 Å². The number of hydrogen-bond acceptors (Lipinski definition) is 4. The number of halogens is 1. The lowest BCUT2D eigenvalue weighted by atomic mass is 10.1. The molecule has 6 heteroatoms. The molecule has 2 aromatic heterocycles. The Hall–Kier alpha value is -0.720. The molecular weight excluding hydrogens is 324 g/mol. The summed E-state index contributed by atoms with van der Waals surface area (Å²) in [6.45, 7) is 4.10. The number of nitrogens with zero attached hydrogens (tertiary/aromatic N) is 3. The lowest BCUT2D eigenvalue weighted by Crippen LogP contribution is -2.23. The van der Waals surface area contributed by atoms with Crippen molar-refractivity contribution in [1.82, 2.24) is 20.1 Å². The molecule has 1 aliphatic rings. The molecule has 3 rings (SSSR count). The average Bonchev–Trinajstić information content (AvgIpc) is 3.02. The second kappa shape index (κ2) is 5.73. The standard InChI is InChI=1S/C13H17BrN4S/c1-9(15-7-11-6-10(14)8-19-11)13-17-16-12-4-2-3-5-18(12)13/h6,8-9,15H,2-5,7H2,1H3. The molecule has 102 valence electrons. The second-order valence-corrected chi connectivity index (χ2v) is 6.83. The van der Waals surface area contributed by atoms with Gasteiger partial charge in [0.25, 0.3) is 0 Å². The summed E-state index contributed by atoms with van der Waals surface area (Å²) in [7, 11) is 0. The van der Waals surface area contributed by atoms with Crippen LogP contribution in [0.2, 0.25) is 0 Å². The minimum atomic E-state index is 0.236. The lowest BCUT2D eigenvalue weighted by molar-refractivity contribution is 0.466. The van der Waals surface area contributed by atoms with Gasteiger partial charge in [-0.05, 0) is 41.8 Å². The summed E-state index contributed by atoms with van der Waals surface area (Å²) >= 11 is 5.25. The van der Waals surface area contributed by atoms with E-state index in [-0.39, 0.29) is 6.04 Å². The number of hydrogen-bond donors (Lipinski definition) is 1. The molecule has 3 heterocycles. The van der Waals surface area contributed by atoms with E-state index in [0.717, 1.165) is 35.6 Å². The second-order valence-electron chi connectivity index (χ2n) is 4.92. The fraction of sp³-hybridized carbons (Fsp3) is 0.538. The van der Waals surface area contributed by atoms with Crippen molar-refractivity contribution in [3.8, 4) is 0 Å². The Morgan fingerprint density at radius 3 is 3.16 bits per heavy atom. The molecule has 0 fully saturated rings. The van der Waals surface area contributed by atoms with Gasteiger partial charge in [-0.15, -0.1) is 21.5 Å². The first-order valence-corrected chi connectivity index (χ1v) is 8.29. The summed E-state index contributed by atoms with van der Waals surface area (Å²) in [5, 5.41) is 14.3. The Balaban J connectivity index is 1.67.